The molecule has 0 aliphatic carbocycles. The number of hydrogen-bond acceptors (Lipinski definition) is 3. The number of fused-ring (bicyclic) bond motifs is 4. The summed E-state index contributed by atoms with van der Waals surface area (Å²) < 4.78 is 8.08. The third kappa shape index (κ3) is 4.51. The number of nitrogens with zero attached hydrogens (tertiary/aromatic N) is 2. The number of anilines is 1. The second-order valence-corrected chi connectivity index (χ2v) is 13.6. The summed E-state index contributed by atoms with van der Waals surface area (Å²) in [4.78, 5) is 3.75. The van der Waals surface area contributed by atoms with Crippen LogP contribution in [0.2, 0.25) is 0 Å². The maximum absolute atomic E-state index is 5.67. The van der Waals surface area contributed by atoms with Gasteiger partial charge in [-0.2, -0.15) is 4.58 Å². The molecule has 220 valence electrons. The average Bonchev–Trinajstić information content (AvgIpc) is 3.68. The normalized spacial score (nSPS) is 21.9. The zero-order valence-electron chi connectivity index (χ0n) is 26.2. The lowest BCUT2D eigenvalue weighted by Crippen LogP contribution is -2.33. The topological polar surface area (TPSA) is 15.5 Å². The molecular weight excluding hydrogens is 557 g/mol. The lowest BCUT2D eigenvalue weighted by Gasteiger charge is -2.28. The third-order valence-corrected chi connectivity index (χ3v) is 10.7. The number of hydrogen-bond donors (Lipinski definition) is 0. The fraction of sp³-hybridized carbons (Fsp3) is 0.225. The standard InChI is InChI=1S/C40H39N2OS/c1-39(27-31-16-12-24-44-31)33-25-30(43-5)21-23-34(33)41(3)36(39)18-11-19-37-40(2,26-28-13-7-6-8-14-28)38-32-17-10-9-15-29(32)20-22-35(38)42(37)4/h6-25H,26-27H2,1-5H3/q+1. The average molecular weight is 596 g/mol. The van der Waals surface area contributed by atoms with Gasteiger partial charge in [0.05, 0.1) is 12.5 Å². The maximum Gasteiger partial charge on any atom is 0.210 e. The minimum atomic E-state index is -0.195. The summed E-state index contributed by atoms with van der Waals surface area (Å²) in [6.45, 7) is 4.80. The van der Waals surface area contributed by atoms with E-state index in [4.69, 9.17) is 4.74 Å². The van der Waals surface area contributed by atoms with Gasteiger partial charge in [0.2, 0.25) is 5.69 Å². The van der Waals surface area contributed by atoms with Crippen molar-refractivity contribution < 1.29 is 9.31 Å². The van der Waals surface area contributed by atoms with Crippen molar-refractivity contribution in [3.8, 4) is 5.75 Å². The largest absolute Gasteiger partial charge is 0.497 e. The van der Waals surface area contributed by atoms with Gasteiger partial charge in [-0.1, -0.05) is 66.7 Å². The van der Waals surface area contributed by atoms with Crippen molar-refractivity contribution >= 4 is 39.2 Å². The smallest absolute Gasteiger partial charge is 0.210 e. The molecule has 44 heavy (non-hydrogen) atoms. The van der Waals surface area contributed by atoms with Crippen LogP contribution in [0.25, 0.3) is 10.8 Å². The van der Waals surface area contributed by atoms with E-state index in [0.29, 0.717) is 0 Å². The first-order valence-corrected chi connectivity index (χ1v) is 16.2. The first-order chi connectivity index (χ1) is 21.3. The number of rotatable bonds is 7. The van der Waals surface area contributed by atoms with E-state index in [9.17, 15) is 0 Å². The highest BCUT2D eigenvalue weighted by Crippen LogP contribution is 2.51. The molecule has 0 fully saturated rings. The van der Waals surface area contributed by atoms with Crippen molar-refractivity contribution in [2.45, 2.75) is 37.5 Å². The van der Waals surface area contributed by atoms with Crippen LogP contribution in [0.15, 0.2) is 126 Å². The Morgan fingerprint density at radius 3 is 2.43 bits per heavy atom. The molecule has 3 heterocycles. The van der Waals surface area contributed by atoms with E-state index in [2.05, 4.69) is 158 Å². The van der Waals surface area contributed by atoms with Crippen molar-refractivity contribution in [1.29, 1.82) is 0 Å². The molecule has 4 aromatic carbocycles. The molecule has 0 saturated heterocycles. The Morgan fingerprint density at radius 2 is 1.66 bits per heavy atom. The number of methoxy groups -OCH3 is 1. The molecule has 2 atom stereocenters. The lowest BCUT2D eigenvalue weighted by atomic mass is 9.73. The molecule has 0 N–H and O–H groups in total. The Hall–Kier alpha value is -4.41. The Bertz CT molecular complexity index is 1950. The molecule has 2 aliphatic rings. The van der Waals surface area contributed by atoms with Crippen LogP contribution in [-0.2, 0) is 23.7 Å². The van der Waals surface area contributed by atoms with Crippen LogP contribution < -0.4 is 9.64 Å². The third-order valence-electron chi connectivity index (χ3n) is 9.85. The summed E-state index contributed by atoms with van der Waals surface area (Å²) in [6.07, 6.45) is 8.84. The molecule has 7 rings (SSSR count). The first-order valence-electron chi connectivity index (χ1n) is 15.3. The number of allylic oxidation sites excluding steroid dienone is 4. The molecule has 0 spiro atoms. The van der Waals surface area contributed by atoms with Crippen molar-refractivity contribution in [2.75, 3.05) is 26.1 Å². The van der Waals surface area contributed by atoms with E-state index in [1.54, 1.807) is 7.11 Å². The van der Waals surface area contributed by atoms with Gasteiger partial charge < -0.3 is 9.64 Å². The zero-order chi connectivity index (χ0) is 30.5. The van der Waals surface area contributed by atoms with Gasteiger partial charge in [-0.3, -0.25) is 0 Å². The van der Waals surface area contributed by atoms with Crippen molar-refractivity contribution in [2.24, 2.45) is 0 Å². The summed E-state index contributed by atoms with van der Waals surface area (Å²) in [5.74, 6) is 0.899. The Kier molecular flexibility index (Phi) is 7.05. The molecule has 0 bridgehead atoms. The second kappa shape index (κ2) is 10.9. The summed E-state index contributed by atoms with van der Waals surface area (Å²) in [5.41, 5.74) is 8.81. The molecule has 3 nitrogen and oxygen atoms in total. The first kappa shape index (κ1) is 28.4. The number of thiophene rings is 1. The number of likely N-dealkylation sites (N-methyl/N-ethyl adjacent to an activating group) is 1. The molecular formula is C40H39N2OS+. The van der Waals surface area contributed by atoms with Gasteiger partial charge in [0.25, 0.3) is 0 Å². The summed E-state index contributed by atoms with van der Waals surface area (Å²) in [6, 6.07) is 35.2. The molecule has 5 aromatic rings. The monoisotopic (exact) mass is 595 g/mol. The fourth-order valence-corrected chi connectivity index (χ4v) is 8.58. The Labute approximate surface area is 265 Å². The van der Waals surface area contributed by atoms with Gasteiger partial charge in [-0.25, -0.2) is 0 Å². The lowest BCUT2D eigenvalue weighted by molar-refractivity contribution is -0.401. The van der Waals surface area contributed by atoms with Crippen molar-refractivity contribution in [3.05, 3.63) is 148 Å². The van der Waals surface area contributed by atoms with Gasteiger partial charge in [0, 0.05) is 46.4 Å². The predicted octanol–water partition coefficient (Wildman–Crippen LogP) is 9.23. The van der Waals surface area contributed by atoms with Crippen LogP contribution >= 0.6 is 11.3 Å². The van der Waals surface area contributed by atoms with Crippen LogP contribution in [0.4, 0.5) is 11.4 Å². The molecule has 0 amide bonds. The van der Waals surface area contributed by atoms with E-state index < -0.39 is 0 Å². The van der Waals surface area contributed by atoms with Gasteiger partial charge in [0.1, 0.15) is 12.8 Å². The fourth-order valence-electron chi connectivity index (χ4n) is 7.71. The zero-order valence-corrected chi connectivity index (χ0v) is 27.0. The van der Waals surface area contributed by atoms with Crippen LogP contribution in [0.3, 0.4) is 0 Å². The molecule has 2 unspecified atom stereocenters. The summed E-state index contributed by atoms with van der Waals surface area (Å²) in [7, 11) is 6.17. The highest BCUT2D eigenvalue weighted by Gasteiger charge is 2.48. The van der Waals surface area contributed by atoms with Crippen LogP contribution in [0.5, 0.6) is 5.75 Å². The van der Waals surface area contributed by atoms with Crippen LogP contribution in [-0.4, -0.2) is 31.5 Å². The SMILES string of the molecule is COc1ccc2c(c1)C(C)(Cc1cccs1)/C(=C\C=C\C1=[N+](C)c3ccc4ccccc4c3C1(C)Cc1ccccc1)N2C. The molecule has 4 heteroatoms. The summed E-state index contributed by atoms with van der Waals surface area (Å²) in [5, 5.41) is 4.80. The molecule has 0 saturated carbocycles. The van der Waals surface area contributed by atoms with Gasteiger partial charge in [-0.05, 0) is 90.4 Å². The maximum atomic E-state index is 5.67. The summed E-state index contributed by atoms with van der Waals surface area (Å²) >= 11 is 1.83. The quantitative estimate of drug-likeness (QED) is 0.174. The van der Waals surface area contributed by atoms with E-state index >= 15 is 0 Å². The number of ether oxygens (including phenoxy) is 1. The van der Waals surface area contributed by atoms with Crippen LogP contribution in [0, 0.1) is 0 Å². The molecule has 1 aromatic heterocycles. The van der Waals surface area contributed by atoms with Crippen molar-refractivity contribution in [3.63, 3.8) is 0 Å². The second-order valence-electron chi connectivity index (χ2n) is 12.6. The predicted molar refractivity (Wildman–Crippen MR) is 186 cm³/mol. The van der Waals surface area contributed by atoms with E-state index in [0.717, 1.165) is 18.6 Å². The van der Waals surface area contributed by atoms with Crippen LogP contribution in [0.1, 0.15) is 35.4 Å². The molecule has 2 aliphatic heterocycles. The highest BCUT2D eigenvalue weighted by atomic mass is 32.1. The van der Waals surface area contributed by atoms with Crippen molar-refractivity contribution in [1.82, 2.24) is 0 Å². The van der Waals surface area contributed by atoms with E-state index in [-0.39, 0.29) is 10.8 Å². The highest BCUT2D eigenvalue weighted by molar-refractivity contribution is 7.09. The molecule has 0 radical (unpaired) electrons. The van der Waals surface area contributed by atoms with Gasteiger partial charge in [-0.15, -0.1) is 11.3 Å². The van der Waals surface area contributed by atoms with Gasteiger partial charge in [0.15, 0.2) is 5.71 Å². The van der Waals surface area contributed by atoms with E-state index in [1.807, 2.05) is 11.3 Å². The van der Waals surface area contributed by atoms with Gasteiger partial charge >= 0.3 is 0 Å². The Morgan fingerprint density at radius 1 is 0.864 bits per heavy atom. The Balaban J connectivity index is 1.34. The minimum absolute atomic E-state index is 0.188. The minimum Gasteiger partial charge on any atom is -0.497 e. The van der Waals surface area contributed by atoms with E-state index in [1.165, 1.54) is 55.1 Å². The number of benzene rings is 4.